The van der Waals surface area contributed by atoms with E-state index in [-0.39, 0.29) is 10.8 Å². The Hall–Kier alpha value is -1.66. The lowest BCUT2D eigenvalue weighted by Crippen LogP contribution is -2.16. The number of hydrogen-bond donors (Lipinski definition) is 2. The third kappa shape index (κ3) is 4.18. The van der Waals surface area contributed by atoms with Gasteiger partial charge in [0.15, 0.2) is 0 Å². The number of hydrogen-bond acceptors (Lipinski definition) is 3. The van der Waals surface area contributed by atoms with Gasteiger partial charge in [0, 0.05) is 11.3 Å². The average molecular weight is 282 g/mol. The number of carbonyl (C=O) groups is 1. The molecule has 0 fully saturated rings. The summed E-state index contributed by atoms with van der Waals surface area (Å²) >= 11 is 0. The summed E-state index contributed by atoms with van der Waals surface area (Å²) in [5, 5.41) is 7.74. The van der Waals surface area contributed by atoms with E-state index in [0.717, 1.165) is 12.0 Å². The number of allylic oxidation sites excluding steroid dienone is 1. The second kappa shape index (κ2) is 5.99. The molecule has 0 saturated heterocycles. The van der Waals surface area contributed by atoms with E-state index < -0.39 is 10.0 Å². The number of anilines is 1. The summed E-state index contributed by atoms with van der Waals surface area (Å²) in [6, 6.07) is 4.38. The van der Waals surface area contributed by atoms with E-state index >= 15 is 0 Å². The molecule has 0 aliphatic carbocycles. The van der Waals surface area contributed by atoms with Crippen LogP contribution < -0.4 is 10.5 Å². The van der Waals surface area contributed by atoms with Crippen molar-refractivity contribution in [2.45, 2.75) is 32.1 Å². The molecular weight excluding hydrogens is 264 g/mol. The summed E-state index contributed by atoms with van der Waals surface area (Å²) in [4.78, 5) is 11.8. The fraction of sp³-hybridized carbons (Fsp3) is 0.308. The predicted octanol–water partition coefficient (Wildman–Crippen LogP) is 1.94. The molecule has 1 amide bonds. The molecule has 3 N–H and O–H groups in total. The summed E-state index contributed by atoms with van der Waals surface area (Å²) < 4.78 is 22.5. The summed E-state index contributed by atoms with van der Waals surface area (Å²) in [6.07, 6.45) is 2.56. The van der Waals surface area contributed by atoms with E-state index in [1.807, 2.05) is 6.92 Å². The molecule has 0 spiro atoms. The first-order chi connectivity index (χ1) is 8.75. The van der Waals surface area contributed by atoms with Gasteiger partial charge in [0.25, 0.3) is 5.91 Å². The molecule has 19 heavy (non-hydrogen) atoms. The van der Waals surface area contributed by atoms with Gasteiger partial charge >= 0.3 is 0 Å². The van der Waals surface area contributed by atoms with Gasteiger partial charge in [-0.15, -0.1) is 0 Å². The highest BCUT2D eigenvalue weighted by Gasteiger charge is 2.12. The normalized spacial score (nSPS) is 12.3. The number of aryl methyl sites for hydroxylation is 1. The Labute approximate surface area is 113 Å². The van der Waals surface area contributed by atoms with Crippen LogP contribution in [-0.4, -0.2) is 14.3 Å². The molecule has 0 aliphatic rings. The van der Waals surface area contributed by atoms with Gasteiger partial charge in [-0.25, -0.2) is 13.6 Å². The van der Waals surface area contributed by atoms with E-state index in [2.05, 4.69) is 5.32 Å². The van der Waals surface area contributed by atoms with Crippen molar-refractivity contribution >= 4 is 21.6 Å². The van der Waals surface area contributed by atoms with E-state index in [1.54, 1.807) is 26.0 Å². The zero-order chi connectivity index (χ0) is 14.6. The Kier molecular flexibility index (Phi) is 4.85. The van der Waals surface area contributed by atoms with Gasteiger partial charge in [0.1, 0.15) is 0 Å². The van der Waals surface area contributed by atoms with E-state index in [4.69, 9.17) is 5.14 Å². The topological polar surface area (TPSA) is 89.3 Å². The Balaban J connectivity index is 3.08. The van der Waals surface area contributed by atoms with Crippen LogP contribution in [0.1, 0.15) is 25.8 Å². The van der Waals surface area contributed by atoms with Gasteiger partial charge in [0.05, 0.1) is 4.90 Å². The van der Waals surface area contributed by atoms with Crippen LogP contribution in [0.2, 0.25) is 0 Å². The molecule has 104 valence electrons. The quantitative estimate of drug-likeness (QED) is 0.827. The van der Waals surface area contributed by atoms with Crippen LogP contribution in [0.15, 0.2) is 34.7 Å². The highest BCUT2D eigenvalue weighted by atomic mass is 32.2. The molecule has 0 saturated carbocycles. The van der Waals surface area contributed by atoms with Crippen molar-refractivity contribution in [3.05, 3.63) is 35.4 Å². The van der Waals surface area contributed by atoms with Crippen LogP contribution in [-0.2, 0) is 14.8 Å². The third-order valence-corrected chi connectivity index (χ3v) is 3.57. The third-order valence-electron chi connectivity index (χ3n) is 2.65. The molecule has 6 heteroatoms. The van der Waals surface area contributed by atoms with Crippen molar-refractivity contribution in [3.63, 3.8) is 0 Å². The van der Waals surface area contributed by atoms with Crippen molar-refractivity contribution in [1.29, 1.82) is 0 Å². The highest BCUT2D eigenvalue weighted by Crippen LogP contribution is 2.20. The zero-order valence-corrected chi connectivity index (χ0v) is 12.0. The molecule has 1 rings (SSSR count). The van der Waals surface area contributed by atoms with Crippen LogP contribution in [0.25, 0.3) is 0 Å². The number of nitrogens with one attached hydrogen (secondary N) is 1. The smallest absolute Gasteiger partial charge is 0.250 e. The number of nitrogens with two attached hydrogens (primary N) is 1. The number of rotatable bonds is 4. The summed E-state index contributed by atoms with van der Waals surface area (Å²) in [6.45, 7) is 5.42. The monoisotopic (exact) mass is 282 g/mol. The van der Waals surface area contributed by atoms with Crippen LogP contribution in [0.3, 0.4) is 0 Å². The van der Waals surface area contributed by atoms with Gasteiger partial charge < -0.3 is 5.32 Å². The fourth-order valence-electron chi connectivity index (χ4n) is 1.53. The molecule has 0 atom stereocenters. The van der Waals surface area contributed by atoms with E-state index in [9.17, 15) is 13.2 Å². The molecule has 1 aromatic carbocycles. The largest absolute Gasteiger partial charge is 0.322 e. The van der Waals surface area contributed by atoms with Crippen LogP contribution in [0.5, 0.6) is 0 Å². The number of benzene rings is 1. The maximum absolute atomic E-state index is 11.9. The minimum absolute atomic E-state index is 0.0227. The van der Waals surface area contributed by atoms with Gasteiger partial charge in [-0.3, -0.25) is 4.79 Å². The first-order valence-electron chi connectivity index (χ1n) is 5.87. The number of primary sulfonamides is 1. The molecule has 5 nitrogen and oxygen atoms in total. The maximum atomic E-state index is 11.9. The molecule has 1 aromatic rings. The van der Waals surface area contributed by atoms with Gasteiger partial charge in [-0.2, -0.15) is 0 Å². The summed E-state index contributed by atoms with van der Waals surface area (Å²) in [7, 11) is -3.77. The minimum atomic E-state index is -3.77. The Morgan fingerprint density at radius 3 is 2.58 bits per heavy atom. The maximum Gasteiger partial charge on any atom is 0.250 e. The number of carbonyl (C=O) groups excluding carboxylic acids is 1. The molecule has 0 radical (unpaired) electrons. The molecule has 0 aromatic heterocycles. The average Bonchev–Trinajstić information content (AvgIpc) is 2.30. The first-order valence-corrected chi connectivity index (χ1v) is 7.42. The molecule has 0 unspecified atom stereocenters. The number of amides is 1. The van der Waals surface area contributed by atoms with Crippen molar-refractivity contribution in [2.24, 2.45) is 5.14 Å². The minimum Gasteiger partial charge on any atom is -0.322 e. The Bertz CT molecular complexity index is 619. The second-order valence-electron chi connectivity index (χ2n) is 4.27. The van der Waals surface area contributed by atoms with Crippen molar-refractivity contribution < 1.29 is 13.2 Å². The lowest BCUT2D eigenvalue weighted by Gasteiger charge is -2.10. The SMILES string of the molecule is CC/C=C(/C)C(=O)Nc1cc(S(N)(=O)=O)ccc1C. The van der Waals surface area contributed by atoms with Crippen molar-refractivity contribution in [3.8, 4) is 0 Å². The standard InChI is InChI=1S/C13H18N2O3S/c1-4-5-10(3)13(16)15-12-8-11(19(14,17)18)7-6-9(12)2/h5-8H,4H2,1-3H3,(H,15,16)(H2,14,17,18)/b10-5-. The highest BCUT2D eigenvalue weighted by molar-refractivity contribution is 7.89. The first kappa shape index (κ1) is 15.4. The van der Waals surface area contributed by atoms with Gasteiger partial charge in [0.2, 0.25) is 10.0 Å². The molecule has 0 heterocycles. The van der Waals surface area contributed by atoms with Crippen LogP contribution >= 0.6 is 0 Å². The Morgan fingerprint density at radius 2 is 2.05 bits per heavy atom. The summed E-state index contributed by atoms with van der Waals surface area (Å²) in [5.41, 5.74) is 1.80. The van der Waals surface area contributed by atoms with Crippen LogP contribution in [0, 0.1) is 6.92 Å². The van der Waals surface area contributed by atoms with Crippen molar-refractivity contribution in [2.75, 3.05) is 5.32 Å². The van der Waals surface area contributed by atoms with Gasteiger partial charge in [-0.05, 0) is 38.0 Å². The zero-order valence-electron chi connectivity index (χ0n) is 11.2. The van der Waals surface area contributed by atoms with Gasteiger partial charge in [-0.1, -0.05) is 19.1 Å². The predicted molar refractivity (Wildman–Crippen MR) is 75.2 cm³/mol. The molecule has 0 aliphatic heterocycles. The number of sulfonamides is 1. The summed E-state index contributed by atoms with van der Waals surface area (Å²) in [5.74, 6) is -0.253. The van der Waals surface area contributed by atoms with Crippen LogP contribution in [0.4, 0.5) is 5.69 Å². The van der Waals surface area contributed by atoms with E-state index in [0.29, 0.717) is 11.3 Å². The lowest BCUT2D eigenvalue weighted by atomic mass is 10.2. The fourth-order valence-corrected chi connectivity index (χ4v) is 2.07. The van der Waals surface area contributed by atoms with Crippen molar-refractivity contribution in [1.82, 2.24) is 0 Å². The second-order valence-corrected chi connectivity index (χ2v) is 5.83. The van der Waals surface area contributed by atoms with E-state index in [1.165, 1.54) is 12.1 Å². The lowest BCUT2D eigenvalue weighted by molar-refractivity contribution is -0.112. The molecular formula is C13H18N2O3S. The Morgan fingerprint density at radius 1 is 1.42 bits per heavy atom. The molecule has 0 bridgehead atoms.